The Morgan fingerprint density at radius 1 is 1.24 bits per heavy atom. The van der Waals surface area contributed by atoms with Crippen molar-refractivity contribution in [3.8, 4) is 0 Å². The van der Waals surface area contributed by atoms with Crippen molar-refractivity contribution in [2.75, 3.05) is 18.9 Å². The molecule has 0 spiro atoms. The standard InChI is InChI=1S/C11H15N5O5/c12-8-5-9(14-3-13-8)16(4-15-5)10-6(19)7(20)11(1-17,2-18)21-10/h3-4,6-7,10,17-20H,1-2H2,(H2,12,13,14). The molecule has 0 radical (unpaired) electrons. The van der Waals surface area contributed by atoms with Gasteiger partial charge in [0.1, 0.15) is 29.7 Å². The van der Waals surface area contributed by atoms with Crippen LogP contribution >= 0.6 is 0 Å². The number of aliphatic hydroxyl groups excluding tert-OH is 4. The monoisotopic (exact) mass is 297 g/mol. The molecule has 3 unspecified atom stereocenters. The number of rotatable bonds is 3. The predicted molar refractivity (Wildman–Crippen MR) is 68.8 cm³/mol. The molecule has 0 amide bonds. The number of hydrogen-bond acceptors (Lipinski definition) is 9. The van der Waals surface area contributed by atoms with Gasteiger partial charge in [-0.1, -0.05) is 0 Å². The average molecular weight is 297 g/mol. The van der Waals surface area contributed by atoms with Crippen molar-refractivity contribution in [1.29, 1.82) is 0 Å². The predicted octanol–water partition coefficient (Wildman–Crippen LogP) is -2.62. The second-order valence-electron chi connectivity index (χ2n) is 4.91. The topological polar surface area (TPSA) is 160 Å². The summed E-state index contributed by atoms with van der Waals surface area (Å²) >= 11 is 0. The van der Waals surface area contributed by atoms with Crippen molar-refractivity contribution in [3.05, 3.63) is 12.7 Å². The minimum absolute atomic E-state index is 0.169. The highest BCUT2D eigenvalue weighted by atomic mass is 16.6. The van der Waals surface area contributed by atoms with Crippen LogP contribution in [0.3, 0.4) is 0 Å². The normalized spacial score (nSPS) is 28.3. The van der Waals surface area contributed by atoms with E-state index >= 15 is 0 Å². The summed E-state index contributed by atoms with van der Waals surface area (Å²) in [5.41, 5.74) is 4.66. The first-order chi connectivity index (χ1) is 10.0. The van der Waals surface area contributed by atoms with Gasteiger partial charge < -0.3 is 30.9 Å². The molecule has 3 heterocycles. The molecular weight excluding hydrogens is 282 g/mol. The summed E-state index contributed by atoms with van der Waals surface area (Å²) in [6, 6.07) is 0. The Bertz CT molecular complexity index is 657. The first-order valence-corrected chi connectivity index (χ1v) is 6.23. The summed E-state index contributed by atoms with van der Waals surface area (Å²) in [7, 11) is 0. The van der Waals surface area contributed by atoms with Gasteiger partial charge >= 0.3 is 0 Å². The fourth-order valence-electron chi connectivity index (χ4n) is 2.44. The second-order valence-corrected chi connectivity index (χ2v) is 4.91. The van der Waals surface area contributed by atoms with Gasteiger partial charge in [0.2, 0.25) is 0 Å². The number of nitrogens with two attached hydrogens (primary N) is 1. The molecule has 114 valence electrons. The van der Waals surface area contributed by atoms with E-state index in [2.05, 4.69) is 15.0 Å². The molecule has 0 aliphatic carbocycles. The van der Waals surface area contributed by atoms with Crippen LogP contribution in [0.2, 0.25) is 0 Å². The number of aromatic nitrogens is 4. The van der Waals surface area contributed by atoms with Crippen LogP contribution in [0.15, 0.2) is 12.7 Å². The number of fused-ring (bicyclic) bond motifs is 1. The Labute approximate surface area is 118 Å². The fourth-order valence-corrected chi connectivity index (χ4v) is 2.44. The van der Waals surface area contributed by atoms with Crippen LogP contribution < -0.4 is 5.73 Å². The zero-order valence-electron chi connectivity index (χ0n) is 10.9. The van der Waals surface area contributed by atoms with E-state index in [1.165, 1.54) is 17.2 Å². The summed E-state index contributed by atoms with van der Waals surface area (Å²) in [4.78, 5) is 11.9. The number of imidazole rings is 1. The number of ether oxygens (including phenoxy) is 1. The van der Waals surface area contributed by atoms with Crippen molar-refractivity contribution in [3.63, 3.8) is 0 Å². The highest BCUT2D eigenvalue weighted by molar-refractivity contribution is 5.81. The van der Waals surface area contributed by atoms with Gasteiger partial charge in [-0.25, -0.2) is 15.0 Å². The zero-order chi connectivity index (χ0) is 15.2. The molecule has 3 rings (SSSR count). The van der Waals surface area contributed by atoms with Gasteiger partial charge in [0.05, 0.1) is 19.5 Å². The molecule has 0 bridgehead atoms. The molecule has 2 aromatic heterocycles. The van der Waals surface area contributed by atoms with Gasteiger partial charge in [-0.3, -0.25) is 4.57 Å². The average Bonchev–Trinajstić information content (AvgIpc) is 3.02. The second kappa shape index (κ2) is 4.86. The maximum atomic E-state index is 10.1. The lowest BCUT2D eigenvalue weighted by molar-refractivity contribution is -0.149. The van der Waals surface area contributed by atoms with Crippen LogP contribution in [0.25, 0.3) is 11.2 Å². The highest BCUT2D eigenvalue weighted by Gasteiger charge is 2.54. The van der Waals surface area contributed by atoms with E-state index in [1.807, 2.05) is 0 Å². The highest BCUT2D eigenvalue weighted by Crippen LogP contribution is 2.38. The van der Waals surface area contributed by atoms with Gasteiger partial charge in [-0.15, -0.1) is 0 Å². The lowest BCUT2D eigenvalue weighted by Crippen LogP contribution is -2.49. The van der Waals surface area contributed by atoms with Crippen LogP contribution in [-0.4, -0.2) is 71.0 Å². The van der Waals surface area contributed by atoms with Gasteiger partial charge in [0.25, 0.3) is 0 Å². The van der Waals surface area contributed by atoms with Crippen molar-refractivity contribution in [2.24, 2.45) is 0 Å². The Hall–Kier alpha value is -1.85. The summed E-state index contributed by atoms with van der Waals surface area (Å²) in [6.07, 6.45) is -1.34. The van der Waals surface area contributed by atoms with E-state index in [9.17, 15) is 20.4 Å². The van der Waals surface area contributed by atoms with Crippen LogP contribution in [0.1, 0.15) is 6.23 Å². The van der Waals surface area contributed by atoms with Gasteiger partial charge in [0.15, 0.2) is 17.7 Å². The van der Waals surface area contributed by atoms with Crippen LogP contribution in [-0.2, 0) is 4.74 Å². The Balaban J connectivity index is 2.06. The molecule has 6 N–H and O–H groups in total. The molecule has 0 aromatic carbocycles. The van der Waals surface area contributed by atoms with E-state index in [1.54, 1.807) is 0 Å². The SMILES string of the molecule is Nc1ncnc2c1ncn2C1OC(CO)(CO)C(O)C1O. The third-order valence-corrected chi connectivity index (χ3v) is 3.71. The van der Waals surface area contributed by atoms with Gasteiger partial charge in [-0.05, 0) is 0 Å². The Kier molecular flexibility index (Phi) is 3.26. The fraction of sp³-hybridized carbons (Fsp3) is 0.545. The number of aliphatic hydroxyl groups is 4. The lowest BCUT2D eigenvalue weighted by atomic mass is 9.97. The maximum absolute atomic E-state index is 10.1. The maximum Gasteiger partial charge on any atom is 0.167 e. The zero-order valence-corrected chi connectivity index (χ0v) is 10.9. The lowest BCUT2D eigenvalue weighted by Gasteiger charge is -2.27. The Morgan fingerprint density at radius 3 is 2.57 bits per heavy atom. The minimum Gasteiger partial charge on any atom is -0.393 e. The van der Waals surface area contributed by atoms with E-state index < -0.39 is 37.3 Å². The van der Waals surface area contributed by atoms with E-state index in [-0.39, 0.29) is 5.82 Å². The van der Waals surface area contributed by atoms with Crippen molar-refractivity contribution >= 4 is 17.0 Å². The molecular formula is C11H15N5O5. The molecule has 1 fully saturated rings. The third kappa shape index (κ3) is 1.88. The molecule has 1 aliphatic rings. The molecule has 3 atom stereocenters. The number of hydrogen-bond donors (Lipinski definition) is 5. The molecule has 21 heavy (non-hydrogen) atoms. The molecule has 2 aromatic rings. The van der Waals surface area contributed by atoms with Crippen molar-refractivity contribution in [1.82, 2.24) is 19.5 Å². The van der Waals surface area contributed by atoms with E-state index in [0.29, 0.717) is 11.2 Å². The van der Waals surface area contributed by atoms with Crippen LogP contribution in [0.4, 0.5) is 5.82 Å². The van der Waals surface area contributed by atoms with Gasteiger partial charge in [-0.2, -0.15) is 0 Å². The number of nitrogens with zero attached hydrogens (tertiary/aromatic N) is 4. The first-order valence-electron chi connectivity index (χ1n) is 6.23. The molecule has 1 saturated heterocycles. The molecule has 10 nitrogen and oxygen atoms in total. The van der Waals surface area contributed by atoms with E-state index in [0.717, 1.165) is 0 Å². The van der Waals surface area contributed by atoms with Crippen LogP contribution in [0.5, 0.6) is 0 Å². The molecule has 10 heteroatoms. The van der Waals surface area contributed by atoms with Crippen LogP contribution in [0, 0.1) is 0 Å². The van der Waals surface area contributed by atoms with Gasteiger partial charge in [0, 0.05) is 0 Å². The number of nitrogen functional groups attached to an aromatic ring is 1. The number of anilines is 1. The van der Waals surface area contributed by atoms with E-state index in [4.69, 9.17) is 10.5 Å². The smallest absolute Gasteiger partial charge is 0.167 e. The summed E-state index contributed by atoms with van der Waals surface area (Å²) < 4.78 is 6.86. The summed E-state index contributed by atoms with van der Waals surface area (Å²) in [6.45, 7) is -1.30. The first kappa shape index (κ1) is 14.1. The minimum atomic E-state index is -1.65. The quantitative estimate of drug-likeness (QED) is 0.408. The van der Waals surface area contributed by atoms with Crippen molar-refractivity contribution < 1.29 is 25.2 Å². The third-order valence-electron chi connectivity index (χ3n) is 3.71. The molecule has 1 aliphatic heterocycles. The summed E-state index contributed by atoms with van der Waals surface area (Å²) in [5.74, 6) is 0.169. The Morgan fingerprint density at radius 2 is 1.95 bits per heavy atom. The summed E-state index contributed by atoms with van der Waals surface area (Å²) in [5, 5.41) is 38.9. The molecule has 0 saturated carbocycles. The largest absolute Gasteiger partial charge is 0.393 e. The van der Waals surface area contributed by atoms with Crippen molar-refractivity contribution in [2.45, 2.75) is 24.0 Å².